The molecule has 0 saturated heterocycles. The molecule has 0 fully saturated rings. The molecule has 0 spiro atoms. The highest BCUT2D eigenvalue weighted by molar-refractivity contribution is 5.98. The Kier molecular flexibility index (Phi) is 3.27. The largest absolute Gasteiger partial charge is 0.358 e. The molecule has 3 rings (SSSR count). The molecule has 0 aliphatic carbocycles. The molecule has 22 heavy (non-hydrogen) atoms. The van der Waals surface area contributed by atoms with Gasteiger partial charge in [-0.1, -0.05) is 54.5 Å². The van der Waals surface area contributed by atoms with Crippen LogP contribution in [-0.4, -0.2) is 13.0 Å². The van der Waals surface area contributed by atoms with Crippen molar-refractivity contribution in [3.8, 4) is 12.3 Å². The van der Waals surface area contributed by atoms with Gasteiger partial charge in [0, 0.05) is 18.2 Å². The first-order chi connectivity index (χ1) is 10.6. The van der Waals surface area contributed by atoms with Crippen molar-refractivity contribution < 1.29 is 9.53 Å². The van der Waals surface area contributed by atoms with Crippen LogP contribution >= 0.6 is 0 Å². The fourth-order valence-electron chi connectivity index (χ4n) is 3.28. The molecular weight excluding hydrogens is 274 g/mol. The van der Waals surface area contributed by atoms with E-state index in [-0.39, 0.29) is 5.91 Å². The lowest BCUT2D eigenvalue weighted by molar-refractivity contribution is -0.0447. The zero-order valence-electron chi connectivity index (χ0n) is 12.6. The average molecular weight is 291 g/mol. The summed E-state index contributed by atoms with van der Waals surface area (Å²) in [5.74, 6) is 2.65. The first-order valence-electron chi connectivity index (χ1n) is 7.09. The van der Waals surface area contributed by atoms with E-state index in [1.807, 2.05) is 55.5 Å². The third-order valence-electron chi connectivity index (χ3n) is 4.48. The summed E-state index contributed by atoms with van der Waals surface area (Å²) in [4.78, 5) is 12.6. The van der Waals surface area contributed by atoms with E-state index in [2.05, 4.69) is 11.2 Å². The summed E-state index contributed by atoms with van der Waals surface area (Å²) < 4.78 is 5.82. The molecule has 3 heteroatoms. The van der Waals surface area contributed by atoms with Crippen molar-refractivity contribution >= 4 is 5.91 Å². The molecule has 2 aromatic carbocycles. The van der Waals surface area contributed by atoms with Crippen LogP contribution in [0.1, 0.15) is 28.4 Å². The molecule has 1 N–H and O–H groups in total. The monoisotopic (exact) mass is 291 g/mol. The number of carbonyl (C=O) groups is 1. The van der Waals surface area contributed by atoms with Crippen molar-refractivity contribution in [2.24, 2.45) is 0 Å². The molecule has 1 heterocycles. The van der Waals surface area contributed by atoms with E-state index >= 15 is 0 Å². The predicted octanol–water partition coefficient (Wildman–Crippen LogP) is 2.82. The number of benzene rings is 2. The van der Waals surface area contributed by atoms with Crippen LogP contribution in [0.25, 0.3) is 0 Å². The molecule has 2 aromatic rings. The van der Waals surface area contributed by atoms with Crippen molar-refractivity contribution in [2.45, 2.75) is 18.1 Å². The lowest BCUT2D eigenvalue weighted by atomic mass is 9.68. The Morgan fingerprint density at radius 1 is 1.09 bits per heavy atom. The Morgan fingerprint density at radius 2 is 1.73 bits per heavy atom. The summed E-state index contributed by atoms with van der Waals surface area (Å²) in [6.07, 6.45) is 5.90. The topological polar surface area (TPSA) is 38.3 Å². The van der Waals surface area contributed by atoms with Gasteiger partial charge in [-0.3, -0.25) is 4.79 Å². The van der Waals surface area contributed by atoms with E-state index in [0.29, 0.717) is 5.56 Å². The fourth-order valence-corrected chi connectivity index (χ4v) is 3.28. The average Bonchev–Trinajstić information content (AvgIpc) is 2.57. The van der Waals surface area contributed by atoms with Gasteiger partial charge in [-0.2, -0.15) is 0 Å². The summed E-state index contributed by atoms with van der Waals surface area (Å²) in [7, 11) is 1.58. The third kappa shape index (κ3) is 1.71. The molecule has 1 aliphatic heterocycles. The molecule has 1 amide bonds. The van der Waals surface area contributed by atoms with Crippen molar-refractivity contribution in [2.75, 3.05) is 7.11 Å². The minimum Gasteiger partial charge on any atom is -0.358 e. The van der Waals surface area contributed by atoms with Gasteiger partial charge in [-0.15, -0.1) is 6.42 Å². The maximum atomic E-state index is 12.6. The van der Waals surface area contributed by atoms with Gasteiger partial charge >= 0.3 is 0 Å². The standard InChI is InChI=1S/C19H17NO2/c1-4-19(22-3)16-13-9-8-12-15(16)17(21)20-18(19,2)14-10-6-5-7-11-14/h1,5-13H,2-3H3,(H,20,21). The Morgan fingerprint density at radius 3 is 2.36 bits per heavy atom. The number of terminal acetylenes is 1. The van der Waals surface area contributed by atoms with Crippen LogP contribution in [0.5, 0.6) is 0 Å². The molecule has 0 saturated carbocycles. The molecule has 2 unspecified atom stereocenters. The second-order valence-corrected chi connectivity index (χ2v) is 5.52. The van der Waals surface area contributed by atoms with E-state index in [1.54, 1.807) is 13.2 Å². The molecule has 2 atom stereocenters. The lowest BCUT2D eigenvalue weighted by Gasteiger charge is -2.49. The van der Waals surface area contributed by atoms with Crippen molar-refractivity contribution in [3.05, 3.63) is 71.3 Å². The summed E-state index contributed by atoms with van der Waals surface area (Å²) >= 11 is 0. The van der Waals surface area contributed by atoms with Gasteiger partial charge in [0.1, 0.15) is 5.54 Å². The Labute approximate surface area is 130 Å². The van der Waals surface area contributed by atoms with E-state index in [4.69, 9.17) is 11.2 Å². The maximum Gasteiger partial charge on any atom is 0.252 e. The smallest absolute Gasteiger partial charge is 0.252 e. The zero-order valence-corrected chi connectivity index (χ0v) is 12.6. The van der Waals surface area contributed by atoms with Gasteiger partial charge in [0.05, 0.1) is 0 Å². The fraction of sp³-hybridized carbons (Fsp3) is 0.211. The van der Waals surface area contributed by atoms with Crippen LogP contribution in [0.4, 0.5) is 0 Å². The number of carbonyl (C=O) groups excluding carboxylic acids is 1. The molecule has 1 aliphatic rings. The second-order valence-electron chi connectivity index (χ2n) is 5.52. The number of ether oxygens (including phenoxy) is 1. The summed E-state index contributed by atoms with van der Waals surface area (Å²) in [6.45, 7) is 1.90. The first kappa shape index (κ1) is 14.4. The number of methoxy groups -OCH3 is 1. The number of hydrogen-bond acceptors (Lipinski definition) is 2. The molecule has 0 aromatic heterocycles. The molecule has 0 bridgehead atoms. The number of amides is 1. The summed E-state index contributed by atoms with van der Waals surface area (Å²) in [5, 5.41) is 3.05. The molecule has 110 valence electrons. The van der Waals surface area contributed by atoms with E-state index in [1.165, 1.54) is 0 Å². The minimum atomic E-state index is -1.07. The van der Waals surface area contributed by atoms with Crippen LogP contribution in [0.15, 0.2) is 54.6 Å². The van der Waals surface area contributed by atoms with E-state index in [0.717, 1.165) is 11.1 Å². The number of hydrogen-bond donors (Lipinski definition) is 1. The maximum absolute atomic E-state index is 12.6. The van der Waals surface area contributed by atoms with E-state index < -0.39 is 11.1 Å². The van der Waals surface area contributed by atoms with Crippen LogP contribution in [0.2, 0.25) is 0 Å². The zero-order chi connectivity index (χ0) is 15.8. The highest BCUT2D eigenvalue weighted by Gasteiger charge is 2.55. The van der Waals surface area contributed by atoms with E-state index in [9.17, 15) is 4.79 Å². The normalized spacial score (nSPS) is 26.7. The van der Waals surface area contributed by atoms with Crippen LogP contribution in [0, 0.1) is 12.3 Å². The van der Waals surface area contributed by atoms with Crippen molar-refractivity contribution in [1.29, 1.82) is 0 Å². The van der Waals surface area contributed by atoms with Crippen molar-refractivity contribution in [3.63, 3.8) is 0 Å². The number of fused-ring (bicyclic) bond motifs is 1. The quantitative estimate of drug-likeness (QED) is 0.864. The summed E-state index contributed by atoms with van der Waals surface area (Å²) in [5.41, 5.74) is 0.241. The van der Waals surface area contributed by atoms with Gasteiger partial charge in [0.2, 0.25) is 0 Å². The first-order valence-corrected chi connectivity index (χ1v) is 7.09. The Balaban J connectivity index is 2.34. The molecule has 3 nitrogen and oxygen atoms in total. The Hall–Kier alpha value is -2.57. The van der Waals surface area contributed by atoms with Crippen LogP contribution in [-0.2, 0) is 15.9 Å². The lowest BCUT2D eigenvalue weighted by Crippen LogP contribution is -2.62. The van der Waals surface area contributed by atoms with Gasteiger partial charge in [-0.25, -0.2) is 0 Å². The van der Waals surface area contributed by atoms with Crippen LogP contribution < -0.4 is 5.32 Å². The van der Waals surface area contributed by atoms with Gasteiger partial charge in [0.25, 0.3) is 5.91 Å². The second kappa shape index (κ2) is 5.01. The molecule has 0 radical (unpaired) electrons. The third-order valence-corrected chi connectivity index (χ3v) is 4.48. The van der Waals surface area contributed by atoms with Gasteiger partial charge < -0.3 is 10.1 Å². The highest BCUT2D eigenvalue weighted by Crippen LogP contribution is 2.46. The van der Waals surface area contributed by atoms with Gasteiger partial charge in [0.15, 0.2) is 5.60 Å². The number of nitrogens with one attached hydrogen (secondary N) is 1. The van der Waals surface area contributed by atoms with Crippen molar-refractivity contribution in [1.82, 2.24) is 5.32 Å². The molecular formula is C19H17NO2. The SMILES string of the molecule is C#CC1(OC)c2ccccc2C(=O)NC1(C)c1ccccc1. The van der Waals surface area contributed by atoms with Gasteiger partial charge in [-0.05, 0) is 18.6 Å². The highest BCUT2D eigenvalue weighted by atomic mass is 16.5. The Bertz CT molecular complexity index is 763. The summed E-state index contributed by atoms with van der Waals surface area (Å²) in [6, 6.07) is 17.0. The minimum absolute atomic E-state index is 0.148. The predicted molar refractivity (Wildman–Crippen MR) is 85.2 cm³/mol. The van der Waals surface area contributed by atoms with Crippen LogP contribution in [0.3, 0.4) is 0 Å². The number of rotatable bonds is 2.